The third-order valence-electron chi connectivity index (χ3n) is 5.03. The van der Waals surface area contributed by atoms with E-state index in [-0.39, 0.29) is 12.1 Å². The van der Waals surface area contributed by atoms with Gasteiger partial charge in [-0.2, -0.15) is 5.10 Å². The smallest absolute Gasteiger partial charge is 0.0663 e. The Morgan fingerprint density at radius 3 is 3.00 bits per heavy atom. The Hall–Kier alpha value is -1.36. The highest BCUT2D eigenvalue weighted by molar-refractivity contribution is 6.30. The van der Waals surface area contributed by atoms with Gasteiger partial charge in [0.05, 0.1) is 18.0 Å². The molecule has 0 radical (unpaired) electrons. The van der Waals surface area contributed by atoms with E-state index in [4.69, 9.17) is 11.6 Å². The Morgan fingerprint density at radius 1 is 1.42 bits per heavy atom. The van der Waals surface area contributed by atoms with Gasteiger partial charge in [-0.05, 0) is 63.8 Å². The minimum atomic E-state index is -0.117. The normalized spacial score (nSPS) is 22.5. The number of hydrogen-bond acceptors (Lipinski definition) is 3. The van der Waals surface area contributed by atoms with E-state index in [1.165, 1.54) is 12.0 Å². The van der Waals surface area contributed by atoms with Crippen molar-refractivity contribution in [1.29, 1.82) is 0 Å². The zero-order chi connectivity index (χ0) is 17.1. The summed E-state index contributed by atoms with van der Waals surface area (Å²) in [5.41, 5.74) is 3.31. The second-order valence-corrected chi connectivity index (χ2v) is 7.33. The van der Waals surface area contributed by atoms with Crippen molar-refractivity contribution in [2.24, 2.45) is 5.92 Å². The molecule has 1 heterocycles. The van der Waals surface area contributed by atoms with Crippen molar-refractivity contribution in [3.05, 3.63) is 46.7 Å². The maximum atomic E-state index is 9.81. The zero-order valence-electron chi connectivity index (χ0n) is 14.4. The van der Waals surface area contributed by atoms with Gasteiger partial charge in [0.2, 0.25) is 0 Å². The van der Waals surface area contributed by atoms with Crippen molar-refractivity contribution in [1.82, 2.24) is 15.1 Å². The molecule has 3 unspecified atom stereocenters. The van der Waals surface area contributed by atoms with Gasteiger partial charge in [0, 0.05) is 22.3 Å². The summed E-state index contributed by atoms with van der Waals surface area (Å²) in [5, 5.41) is 18.7. The maximum Gasteiger partial charge on any atom is 0.0663 e. The largest absolute Gasteiger partial charge is 0.393 e. The Morgan fingerprint density at radius 2 is 2.25 bits per heavy atom. The molecule has 5 heteroatoms. The van der Waals surface area contributed by atoms with E-state index in [0.29, 0.717) is 10.9 Å². The molecule has 24 heavy (non-hydrogen) atoms. The molecule has 1 aliphatic rings. The van der Waals surface area contributed by atoms with Crippen LogP contribution < -0.4 is 5.32 Å². The number of nitrogens with one attached hydrogen (secondary N) is 1. The summed E-state index contributed by atoms with van der Waals surface area (Å²) in [4.78, 5) is 0. The molecule has 2 aromatic rings. The van der Waals surface area contributed by atoms with Gasteiger partial charge in [0.25, 0.3) is 0 Å². The number of nitrogens with zero attached hydrogens (tertiary/aromatic N) is 2. The zero-order valence-corrected chi connectivity index (χ0v) is 15.1. The second-order valence-electron chi connectivity index (χ2n) is 6.89. The highest BCUT2D eigenvalue weighted by Crippen LogP contribution is 2.25. The maximum absolute atomic E-state index is 9.81. The van der Waals surface area contributed by atoms with Crippen LogP contribution in [0.4, 0.5) is 0 Å². The molecular formula is C19H26ClN3O. The van der Waals surface area contributed by atoms with Crippen LogP contribution in [-0.2, 0) is 0 Å². The first-order chi connectivity index (χ1) is 11.5. The van der Waals surface area contributed by atoms with Crippen LogP contribution in [0.2, 0.25) is 5.02 Å². The average Bonchev–Trinajstić information content (AvgIpc) is 2.94. The first kappa shape index (κ1) is 17.5. The van der Waals surface area contributed by atoms with Gasteiger partial charge >= 0.3 is 0 Å². The topological polar surface area (TPSA) is 50.1 Å². The van der Waals surface area contributed by atoms with Gasteiger partial charge < -0.3 is 10.4 Å². The van der Waals surface area contributed by atoms with Crippen LogP contribution in [0.25, 0.3) is 5.69 Å². The molecule has 4 nitrogen and oxygen atoms in total. The molecule has 0 aliphatic heterocycles. The van der Waals surface area contributed by atoms with Crippen molar-refractivity contribution in [2.45, 2.75) is 51.7 Å². The van der Waals surface area contributed by atoms with E-state index in [9.17, 15) is 5.11 Å². The minimum Gasteiger partial charge on any atom is -0.393 e. The van der Waals surface area contributed by atoms with Crippen molar-refractivity contribution in [2.75, 3.05) is 6.54 Å². The number of aliphatic hydroxyl groups excluding tert-OH is 1. The molecule has 0 saturated heterocycles. The van der Waals surface area contributed by atoms with Crippen LogP contribution in [0.1, 0.15) is 49.9 Å². The van der Waals surface area contributed by atoms with Crippen molar-refractivity contribution in [3.63, 3.8) is 0 Å². The molecule has 1 saturated carbocycles. The molecule has 2 N–H and O–H groups in total. The van der Waals surface area contributed by atoms with Gasteiger partial charge in [-0.1, -0.05) is 24.1 Å². The highest BCUT2D eigenvalue weighted by Gasteiger charge is 2.21. The van der Waals surface area contributed by atoms with Crippen LogP contribution in [-0.4, -0.2) is 27.5 Å². The van der Waals surface area contributed by atoms with Gasteiger partial charge in [-0.25, -0.2) is 4.68 Å². The third kappa shape index (κ3) is 4.00. The van der Waals surface area contributed by atoms with E-state index in [1.807, 2.05) is 35.1 Å². The lowest BCUT2D eigenvalue weighted by molar-refractivity contribution is 0.0998. The second kappa shape index (κ2) is 7.68. The fraction of sp³-hybridized carbons (Fsp3) is 0.526. The minimum absolute atomic E-state index is 0.117. The summed E-state index contributed by atoms with van der Waals surface area (Å²) in [6.45, 7) is 5.21. The monoisotopic (exact) mass is 347 g/mol. The number of aliphatic hydroxyl groups is 1. The number of rotatable bonds is 5. The lowest BCUT2D eigenvalue weighted by atomic mass is 9.87. The molecule has 1 aliphatic carbocycles. The fourth-order valence-corrected chi connectivity index (χ4v) is 3.80. The first-order valence-corrected chi connectivity index (χ1v) is 9.14. The highest BCUT2D eigenvalue weighted by atomic mass is 35.5. The summed E-state index contributed by atoms with van der Waals surface area (Å²) in [5.74, 6) is 0.569. The molecule has 1 aromatic carbocycles. The van der Waals surface area contributed by atoms with Crippen molar-refractivity contribution in [3.8, 4) is 5.69 Å². The summed E-state index contributed by atoms with van der Waals surface area (Å²) in [6.07, 6.45) is 6.03. The van der Waals surface area contributed by atoms with Crippen LogP contribution in [0.15, 0.2) is 30.5 Å². The Labute approximate surface area is 148 Å². The van der Waals surface area contributed by atoms with E-state index >= 15 is 0 Å². The molecule has 0 bridgehead atoms. The molecule has 1 aromatic heterocycles. The Kier molecular flexibility index (Phi) is 5.59. The standard InChI is InChI=1S/C19H26ClN3O/c1-13(21-11-15-5-3-8-18(24)9-15)19-12-22-23(14(19)2)17-7-4-6-16(20)10-17/h4,6-7,10,12-13,15,18,21,24H,3,5,8-9,11H2,1-2H3. The van der Waals surface area contributed by atoms with Gasteiger partial charge in [-0.3, -0.25) is 0 Å². The number of aromatic nitrogens is 2. The lowest BCUT2D eigenvalue weighted by Gasteiger charge is -2.27. The van der Waals surface area contributed by atoms with Crippen LogP contribution >= 0.6 is 11.6 Å². The molecule has 130 valence electrons. The average molecular weight is 348 g/mol. The molecular weight excluding hydrogens is 322 g/mol. The van der Waals surface area contributed by atoms with E-state index in [2.05, 4.69) is 24.3 Å². The Bertz CT molecular complexity index is 685. The van der Waals surface area contributed by atoms with Crippen LogP contribution in [0.3, 0.4) is 0 Å². The third-order valence-corrected chi connectivity index (χ3v) is 5.27. The van der Waals surface area contributed by atoms with E-state index in [0.717, 1.165) is 37.2 Å². The van der Waals surface area contributed by atoms with Crippen LogP contribution in [0.5, 0.6) is 0 Å². The number of halogens is 1. The predicted molar refractivity (Wildman–Crippen MR) is 97.7 cm³/mol. The van der Waals surface area contributed by atoms with E-state index in [1.54, 1.807) is 0 Å². The predicted octanol–water partition coefficient (Wildman–Crippen LogP) is 4.04. The summed E-state index contributed by atoms with van der Waals surface area (Å²) < 4.78 is 1.93. The van der Waals surface area contributed by atoms with Crippen molar-refractivity contribution < 1.29 is 5.11 Å². The van der Waals surface area contributed by atoms with Gasteiger partial charge in [-0.15, -0.1) is 0 Å². The van der Waals surface area contributed by atoms with E-state index < -0.39 is 0 Å². The molecule has 3 atom stereocenters. The first-order valence-electron chi connectivity index (χ1n) is 8.76. The quantitative estimate of drug-likeness (QED) is 0.858. The Balaban J connectivity index is 1.66. The van der Waals surface area contributed by atoms with Crippen molar-refractivity contribution >= 4 is 11.6 Å². The molecule has 0 spiro atoms. The summed E-state index contributed by atoms with van der Waals surface area (Å²) >= 11 is 6.09. The SMILES string of the molecule is Cc1c(C(C)NCC2CCCC(O)C2)cnn1-c1cccc(Cl)c1. The summed E-state index contributed by atoms with van der Waals surface area (Å²) in [6, 6.07) is 7.98. The lowest BCUT2D eigenvalue weighted by Crippen LogP contribution is -2.30. The summed E-state index contributed by atoms with van der Waals surface area (Å²) in [7, 11) is 0. The van der Waals surface area contributed by atoms with Gasteiger partial charge in [0.1, 0.15) is 0 Å². The molecule has 3 rings (SSSR count). The fourth-order valence-electron chi connectivity index (χ4n) is 3.62. The van der Waals surface area contributed by atoms with Gasteiger partial charge in [0.15, 0.2) is 0 Å². The number of benzene rings is 1. The van der Waals surface area contributed by atoms with Crippen LogP contribution in [0, 0.1) is 12.8 Å². The molecule has 1 fully saturated rings. The number of hydrogen-bond donors (Lipinski definition) is 2. The molecule has 0 amide bonds.